The first kappa shape index (κ1) is 10.4. The van der Waals surface area contributed by atoms with Crippen LogP contribution in [0.25, 0.3) is 11.0 Å². The van der Waals surface area contributed by atoms with Crippen molar-refractivity contribution in [1.82, 2.24) is 9.97 Å². The van der Waals surface area contributed by atoms with Gasteiger partial charge in [-0.25, -0.2) is 4.98 Å². The molecule has 0 bridgehead atoms. The fourth-order valence-corrected chi connectivity index (χ4v) is 1.03. The number of nitrogens with one attached hydrogen (secondary N) is 1. The predicted molar refractivity (Wildman–Crippen MR) is 59.6 cm³/mol. The van der Waals surface area contributed by atoms with Gasteiger partial charge in [-0.1, -0.05) is 20.3 Å². The highest BCUT2D eigenvalue weighted by molar-refractivity contribution is 5.84. The minimum Gasteiger partial charge on any atom is -0.345 e. The molecule has 2 aromatic rings. The molecule has 14 heavy (non-hydrogen) atoms. The molecule has 1 heterocycles. The number of imidazole rings is 1. The molecule has 0 unspecified atom stereocenters. The van der Waals surface area contributed by atoms with Gasteiger partial charge in [-0.05, 0) is 18.2 Å². The van der Waals surface area contributed by atoms with Gasteiger partial charge in [0.05, 0.1) is 17.4 Å². The summed E-state index contributed by atoms with van der Waals surface area (Å²) in [6, 6.07) is 5.33. The van der Waals surface area contributed by atoms with Gasteiger partial charge in [0.25, 0.3) is 0 Å². The Morgan fingerprint density at radius 1 is 1.50 bits per heavy atom. The average Bonchev–Trinajstić information content (AvgIpc) is 2.65. The van der Waals surface area contributed by atoms with E-state index in [9.17, 15) is 4.79 Å². The second-order valence-electron chi connectivity index (χ2n) is 3.00. The topological polar surface area (TPSA) is 45.8 Å². The van der Waals surface area contributed by atoms with Crippen molar-refractivity contribution in [1.29, 1.82) is 0 Å². The molecule has 0 spiro atoms. The van der Waals surface area contributed by atoms with Crippen molar-refractivity contribution in [2.75, 3.05) is 0 Å². The van der Waals surface area contributed by atoms with Gasteiger partial charge in [-0.2, -0.15) is 0 Å². The first-order chi connectivity index (χ1) is 6.81. The van der Waals surface area contributed by atoms with Crippen LogP contribution >= 0.6 is 0 Å². The summed E-state index contributed by atoms with van der Waals surface area (Å²) < 4.78 is 0. The van der Waals surface area contributed by atoms with Crippen molar-refractivity contribution in [2.24, 2.45) is 0 Å². The summed E-state index contributed by atoms with van der Waals surface area (Å²) in [7, 11) is 0. The number of hydrogen-bond acceptors (Lipinski definition) is 2. The van der Waals surface area contributed by atoms with E-state index in [1.807, 2.05) is 6.07 Å². The Labute approximate surface area is 84.7 Å². The van der Waals surface area contributed by atoms with Gasteiger partial charge in [0.15, 0.2) is 0 Å². The van der Waals surface area contributed by atoms with E-state index in [4.69, 9.17) is 0 Å². The van der Waals surface area contributed by atoms with Crippen LogP contribution in [0.1, 0.15) is 32.1 Å². The van der Waals surface area contributed by atoms with E-state index >= 15 is 0 Å². The van der Waals surface area contributed by atoms with Gasteiger partial charge in [-0.15, -0.1) is 0 Å². The number of nitrogens with zero attached hydrogens (tertiary/aromatic N) is 1. The smallest absolute Gasteiger partial charge is 0.150 e. The number of aromatic amines is 1. The van der Waals surface area contributed by atoms with Crippen LogP contribution in [-0.2, 0) is 0 Å². The van der Waals surface area contributed by atoms with E-state index < -0.39 is 0 Å². The lowest BCUT2D eigenvalue weighted by Gasteiger charge is -1.88. The monoisotopic (exact) mass is 192 g/mol. The SMILES string of the molecule is CCC.O=Cc1ccc2nc[nH]c2c1.[HH]. The summed E-state index contributed by atoms with van der Waals surface area (Å²) in [6.45, 7) is 4.25. The molecule has 0 aliphatic carbocycles. The minimum absolute atomic E-state index is 0. The Morgan fingerprint density at radius 3 is 2.86 bits per heavy atom. The van der Waals surface area contributed by atoms with Crippen molar-refractivity contribution in [3.05, 3.63) is 30.1 Å². The fourth-order valence-electron chi connectivity index (χ4n) is 1.03. The number of fused-ring (bicyclic) bond motifs is 1. The van der Waals surface area contributed by atoms with Crippen LogP contribution in [0.4, 0.5) is 0 Å². The Kier molecular flexibility index (Phi) is 3.85. The molecule has 0 fully saturated rings. The lowest BCUT2D eigenvalue weighted by molar-refractivity contribution is 0.112. The normalized spacial score (nSPS) is 9.29. The molecule has 1 N–H and O–H groups in total. The molecule has 1 aromatic carbocycles. The van der Waals surface area contributed by atoms with E-state index in [-0.39, 0.29) is 1.43 Å². The molecule has 0 atom stereocenters. The van der Waals surface area contributed by atoms with Crippen LogP contribution in [0.2, 0.25) is 0 Å². The molecule has 3 heteroatoms. The first-order valence-electron chi connectivity index (χ1n) is 4.70. The Bertz CT molecular complexity index is 412. The van der Waals surface area contributed by atoms with Crippen molar-refractivity contribution < 1.29 is 6.22 Å². The highest BCUT2D eigenvalue weighted by Gasteiger charge is 1.95. The van der Waals surface area contributed by atoms with Crippen LogP contribution in [0.3, 0.4) is 0 Å². The average molecular weight is 192 g/mol. The number of carbonyl (C=O) groups excluding carboxylic acids is 1. The summed E-state index contributed by atoms with van der Waals surface area (Å²) in [5, 5.41) is 0. The van der Waals surface area contributed by atoms with Gasteiger partial charge in [-0.3, -0.25) is 4.79 Å². The summed E-state index contributed by atoms with van der Waals surface area (Å²) in [6.07, 6.45) is 3.68. The highest BCUT2D eigenvalue weighted by atomic mass is 16.1. The molecule has 1 aromatic heterocycles. The molecular weight excluding hydrogens is 176 g/mol. The third kappa shape index (κ3) is 2.42. The second-order valence-corrected chi connectivity index (χ2v) is 3.00. The standard InChI is InChI=1S/C8H6N2O.C3H8.H2/c11-4-6-1-2-7-8(3-6)10-5-9-7;1-3-2;/h1-5H,(H,9,10);3H2,1-2H3;1H. The van der Waals surface area contributed by atoms with E-state index in [0.717, 1.165) is 17.3 Å². The number of aromatic nitrogens is 2. The number of rotatable bonds is 1. The number of carbonyl (C=O) groups is 1. The van der Waals surface area contributed by atoms with E-state index in [1.165, 1.54) is 6.42 Å². The first-order valence-corrected chi connectivity index (χ1v) is 4.70. The van der Waals surface area contributed by atoms with Crippen LogP contribution < -0.4 is 0 Å². The maximum atomic E-state index is 10.3. The number of aldehydes is 1. The largest absolute Gasteiger partial charge is 0.345 e. The quantitative estimate of drug-likeness (QED) is 0.706. The fraction of sp³-hybridized carbons (Fsp3) is 0.273. The molecule has 0 radical (unpaired) electrons. The Morgan fingerprint density at radius 2 is 2.21 bits per heavy atom. The van der Waals surface area contributed by atoms with Gasteiger partial charge in [0.2, 0.25) is 0 Å². The van der Waals surface area contributed by atoms with Crippen LogP contribution in [0, 0.1) is 0 Å². The Hall–Kier alpha value is -1.64. The molecule has 0 saturated carbocycles. The van der Waals surface area contributed by atoms with Crippen LogP contribution in [-0.4, -0.2) is 16.3 Å². The summed E-state index contributed by atoms with van der Waals surface area (Å²) in [5.74, 6) is 0. The number of hydrogen-bond donors (Lipinski definition) is 1. The van der Waals surface area contributed by atoms with Gasteiger partial charge in [0.1, 0.15) is 6.29 Å². The predicted octanol–water partition coefficient (Wildman–Crippen LogP) is 3.04. The lowest BCUT2D eigenvalue weighted by atomic mass is 10.2. The molecule has 76 valence electrons. The second kappa shape index (κ2) is 5.17. The third-order valence-corrected chi connectivity index (χ3v) is 1.58. The molecule has 0 aliphatic heterocycles. The van der Waals surface area contributed by atoms with E-state index in [2.05, 4.69) is 23.8 Å². The highest BCUT2D eigenvalue weighted by Crippen LogP contribution is 2.09. The number of H-pyrrole nitrogens is 1. The maximum absolute atomic E-state index is 10.3. The molecule has 3 nitrogen and oxygen atoms in total. The summed E-state index contributed by atoms with van der Waals surface area (Å²) in [5.41, 5.74) is 2.45. The van der Waals surface area contributed by atoms with Crippen LogP contribution in [0.15, 0.2) is 24.5 Å². The van der Waals surface area contributed by atoms with Gasteiger partial charge < -0.3 is 4.98 Å². The zero-order chi connectivity index (χ0) is 10.4. The Balaban J connectivity index is 0.000000443. The zero-order valence-corrected chi connectivity index (χ0v) is 8.45. The van der Waals surface area contributed by atoms with Crippen molar-refractivity contribution in [3.8, 4) is 0 Å². The molecule has 0 saturated heterocycles. The lowest BCUT2D eigenvalue weighted by Crippen LogP contribution is -1.77. The van der Waals surface area contributed by atoms with Gasteiger partial charge in [0, 0.05) is 6.99 Å². The molecule has 0 amide bonds. The van der Waals surface area contributed by atoms with Crippen molar-refractivity contribution in [3.63, 3.8) is 0 Å². The van der Waals surface area contributed by atoms with E-state index in [0.29, 0.717) is 5.56 Å². The zero-order valence-electron chi connectivity index (χ0n) is 8.45. The summed E-state index contributed by atoms with van der Waals surface area (Å²) >= 11 is 0. The summed E-state index contributed by atoms with van der Waals surface area (Å²) in [4.78, 5) is 17.3. The minimum atomic E-state index is 0. The molecule has 0 aliphatic rings. The van der Waals surface area contributed by atoms with Crippen LogP contribution in [0.5, 0.6) is 0 Å². The molecular formula is C11H16N2O. The van der Waals surface area contributed by atoms with Gasteiger partial charge >= 0.3 is 0 Å². The third-order valence-electron chi connectivity index (χ3n) is 1.58. The number of benzene rings is 1. The van der Waals surface area contributed by atoms with E-state index in [1.54, 1.807) is 18.5 Å². The molecule has 2 rings (SSSR count). The van der Waals surface area contributed by atoms with Crippen molar-refractivity contribution in [2.45, 2.75) is 20.3 Å². The van der Waals surface area contributed by atoms with Crippen molar-refractivity contribution >= 4 is 17.3 Å². The maximum Gasteiger partial charge on any atom is 0.150 e.